The molecule has 4 nitrogen and oxygen atoms in total. The molecule has 2 aromatic rings. The third-order valence-corrected chi connectivity index (χ3v) is 3.71. The standard InChI is InChI=1S/C9H9ClN2O2S/c1-6-11-9-7(12(6)2)4-3-5-8(9)15(10,13)14/h3-5H,1-2H3. The van der Waals surface area contributed by atoms with Gasteiger partial charge in [0.25, 0.3) is 9.05 Å². The molecule has 0 spiro atoms. The summed E-state index contributed by atoms with van der Waals surface area (Å²) in [5.41, 5.74) is 1.18. The zero-order valence-electron chi connectivity index (χ0n) is 8.23. The van der Waals surface area contributed by atoms with E-state index in [0.29, 0.717) is 5.52 Å². The number of hydrogen-bond donors (Lipinski definition) is 0. The van der Waals surface area contributed by atoms with Crippen molar-refractivity contribution < 1.29 is 8.42 Å². The minimum atomic E-state index is -3.74. The molecule has 15 heavy (non-hydrogen) atoms. The summed E-state index contributed by atoms with van der Waals surface area (Å²) in [6.07, 6.45) is 0. The minimum absolute atomic E-state index is 0.0605. The summed E-state index contributed by atoms with van der Waals surface area (Å²) in [5.74, 6) is 0.748. The Kier molecular flexibility index (Phi) is 2.24. The zero-order valence-corrected chi connectivity index (χ0v) is 9.80. The Balaban J connectivity index is 2.96. The lowest BCUT2D eigenvalue weighted by molar-refractivity contribution is 0.610. The third-order valence-electron chi connectivity index (χ3n) is 2.36. The highest BCUT2D eigenvalue weighted by atomic mass is 35.7. The number of aromatic nitrogens is 2. The van der Waals surface area contributed by atoms with Crippen LogP contribution in [0.25, 0.3) is 11.0 Å². The van der Waals surface area contributed by atoms with E-state index in [0.717, 1.165) is 11.3 Å². The predicted molar refractivity (Wildman–Crippen MR) is 58.5 cm³/mol. The Bertz CT molecular complexity index is 631. The third kappa shape index (κ3) is 1.61. The van der Waals surface area contributed by atoms with Crippen LogP contribution < -0.4 is 0 Å². The normalized spacial score (nSPS) is 12.2. The number of fused-ring (bicyclic) bond motifs is 1. The first-order chi connectivity index (χ1) is 6.91. The van der Waals surface area contributed by atoms with Crippen molar-refractivity contribution in [2.75, 3.05) is 0 Å². The number of nitrogens with zero attached hydrogens (tertiary/aromatic N) is 2. The van der Waals surface area contributed by atoms with E-state index in [1.54, 1.807) is 12.1 Å². The van der Waals surface area contributed by atoms with Crippen molar-refractivity contribution in [2.24, 2.45) is 7.05 Å². The molecule has 0 radical (unpaired) electrons. The zero-order chi connectivity index (χ0) is 11.2. The lowest BCUT2D eigenvalue weighted by Crippen LogP contribution is -1.92. The molecule has 1 aromatic heterocycles. The highest BCUT2D eigenvalue weighted by Gasteiger charge is 2.17. The first-order valence-corrected chi connectivity index (χ1v) is 6.59. The fourth-order valence-corrected chi connectivity index (χ4v) is 2.50. The Morgan fingerprint density at radius 3 is 2.67 bits per heavy atom. The summed E-state index contributed by atoms with van der Waals surface area (Å²) >= 11 is 0. The van der Waals surface area contributed by atoms with Crippen molar-refractivity contribution in [3.8, 4) is 0 Å². The van der Waals surface area contributed by atoms with Gasteiger partial charge >= 0.3 is 0 Å². The highest BCUT2D eigenvalue weighted by Crippen LogP contribution is 2.25. The van der Waals surface area contributed by atoms with Gasteiger partial charge in [0.1, 0.15) is 16.2 Å². The maximum Gasteiger partial charge on any atom is 0.263 e. The quantitative estimate of drug-likeness (QED) is 0.719. The summed E-state index contributed by atoms with van der Waals surface area (Å²) in [6, 6.07) is 4.91. The van der Waals surface area contributed by atoms with Gasteiger partial charge in [-0.1, -0.05) is 6.07 Å². The van der Waals surface area contributed by atoms with Gasteiger partial charge in [0, 0.05) is 17.7 Å². The number of hydrogen-bond acceptors (Lipinski definition) is 3. The van der Waals surface area contributed by atoms with E-state index in [1.165, 1.54) is 6.07 Å². The Labute approximate surface area is 91.9 Å². The molecule has 0 bridgehead atoms. The van der Waals surface area contributed by atoms with Crippen LogP contribution in [0, 0.1) is 6.92 Å². The molecular formula is C9H9ClN2O2S. The van der Waals surface area contributed by atoms with Crippen LogP contribution in [0.2, 0.25) is 0 Å². The monoisotopic (exact) mass is 244 g/mol. The van der Waals surface area contributed by atoms with Crippen LogP contribution >= 0.6 is 10.7 Å². The molecule has 0 amide bonds. The largest absolute Gasteiger partial charge is 0.331 e. The second-order valence-corrected chi connectivity index (χ2v) is 5.81. The summed E-state index contributed by atoms with van der Waals surface area (Å²) in [4.78, 5) is 4.24. The summed E-state index contributed by atoms with van der Waals surface area (Å²) in [6.45, 7) is 1.81. The molecule has 0 aliphatic carbocycles. The van der Waals surface area contributed by atoms with Crippen molar-refractivity contribution in [2.45, 2.75) is 11.8 Å². The van der Waals surface area contributed by atoms with Crippen molar-refractivity contribution >= 4 is 30.8 Å². The van der Waals surface area contributed by atoms with Crippen LogP contribution in [0.3, 0.4) is 0 Å². The Morgan fingerprint density at radius 2 is 2.07 bits per heavy atom. The Hall–Kier alpha value is -1.07. The van der Waals surface area contributed by atoms with E-state index in [2.05, 4.69) is 4.98 Å². The molecule has 1 heterocycles. The number of benzene rings is 1. The summed E-state index contributed by atoms with van der Waals surface area (Å²) in [7, 11) is 3.41. The SMILES string of the molecule is Cc1nc2c(S(=O)(=O)Cl)cccc2n1C. The van der Waals surface area contributed by atoms with Crippen LogP contribution in [0.5, 0.6) is 0 Å². The number of rotatable bonds is 1. The van der Waals surface area contributed by atoms with Gasteiger partial charge in [-0.25, -0.2) is 13.4 Å². The number of para-hydroxylation sites is 1. The smallest absolute Gasteiger partial charge is 0.263 e. The van der Waals surface area contributed by atoms with Crippen LogP contribution in [0.15, 0.2) is 23.1 Å². The molecule has 2 rings (SSSR count). The second kappa shape index (κ2) is 3.21. The molecular weight excluding hydrogens is 236 g/mol. The average molecular weight is 245 g/mol. The van der Waals surface area contributed by atoms with E-state index in [9.17, 15) is 8.42 Å². The van der Waals surface area contributed by atoms with Crippen molar-refractivity contribution in [3.63, 3.8) is 0 Å². The van der Waals surface area contributed by atoms with Gasteiger partial charge in [0.2, 0.25) is 0 Å². The van der Waals surface area contributed by atoms with Gasteiger partial charge in [-0.3, -0.25) is 0 Å². The molecule has 0 aliphatic rings. The second-order valence-electron chi connectivity index (χ2n) is 3.28. The van der Waals surface area contributed by atoms with E-state index >= 15 is 0 Å². The molecule has 0 saturated carbocycles. The van der Waals surface area contributed by atoms with Crippen molar-refractivity contribution in [1.29, 1.82) is 0 Å². The number of imidazole rings is 1. The number of halogens is 1. The average Bonchev–Trinajstić information content (AvgIpc) is 2.41. The minimum Gasteiger partial charge on any atom is -0.331 e. The maximum atomic E-state index is 11.3. The molecule has 0 saturated heterocycles. The molecule has 0 fully saturated rings. The lowest BCUT2D eigenvalue weighted by atomic mass is 10.3. The molecule has 6 heteroatoms. The predicted octanol–water partition coefficient (Wildman–Crippen LogP) is 1.81. The maximum absolute atomic E-state index is 11.3. The first kappa shape index (κ1) is 10.4. The molecule has 0 N–H and O–H groups in total. The van der Waals surface area contributed by atoms with E-state index in [4.69, 9.17) is 10.7 Å². The van der Waals surface area contributed by atoms with E-state index in [-0.39, 0.29) is 4.90 Å². The van der Waals surface area contributed by atoms with Crippen molar-refractivity contribution in [1.82, 2.24) is 9.55 Å². The van der Waals surface area contributed by atoms with E-state index in [1.807, 2.05) is 18.5 Å². The van der Waals surface area contributed by atoms with Gasteiger partial charge in [-0.05, 0) is 19.1 Å². The molecule has 0 atom stereocenters. The molecule has 0 unspecified atom stereocenters. The van der Waals surface area contributed by atoms with Gasteiger partial charge in [0.05, 0.1) is 5.52 Å². The summed E-state index contributed by atoms with van der Waals surface area (Å²) < 4.78 is 24.4. The van der Waals surface area contributed by atoms with Crippen molar-refractivity contribution in [3.05, 3.63) is 24.0 Å². The number of aryl methyl sites for hydroxylation is 2. The molecule has 1 aromatic carbocycles. The first-order valence-electron chi connectivity index (χ1n) is 4.28. The van der Waals surface area contributed by atoms with Crippen LogP contribution in [-0.2, 0) is 16.1 Å². The topological polar surface area (TPSA) is 52.0 Å². The van der Waals surface area contributed by atoms with Gasteiger partial charge < -0.3 is 4.57 Å². The van der Waals surface area contributed by atoms with E-state index < -0.39 is 9.05 Å². The van der Waals surface area contributed by atoms with Crippen LogP contribution in [-0.4, -0.2) is 18.0 Å². The molecule has 0 aliphatic heterocycles. The fraction of sp³-hybridized carbons (Fsp3) is 0.222. The lowest BCUT2D eigenvalue weighted by Gasteiger charge is -1.98. The van der Waals surface area contributed by atoms with Crippen LogP contribution in [0.1, 0.15) is 5.82 Å². The van der Waals surface area contributed by atoms with Gasteiger partial charge in [-0.2, -0.15) is 0 Å². The highest BCUT2D eigenvalue weighted by molar-refractivity contribution is 8.14. The summed E-state index contributed by atoms with van der Waals surface area (Å²) in [5, 5.41) is 0. The fourth-order valence-electron chi connectivity index (χ4n) is 1.50. The van der Waals surface area contributed by atoms with Gasteiger partial charge in [0.15, 0.2) is 0 Å². The van der Waals surface area contributed by atoms with Gasteiger partial charge in [-0.15, -0.1) is 0 Å². The molecule has 80 valence electrons. The Morgan fingerprint density at radius 1 is 1.40 bits per heavy atom. The van der Waals surface area contributed by atoms with Crippen LogP contribution in [0.4, 0.5) is 0 Å².